The summed E-state index contributed by atoms with van der Waals surface area (Å²) in [6, 6.07) is 18.2. The fourth-order valence-corrected chi connectivity index (χ4v) is 3.55. The van der Waals surface area contributed by atoms with Gasteiger partial charge in [0.2, 0.25) is 0 Å². The van der Waals surface area contributed by atoms with Crippen LogP contribution in [0.1, 0.15) is 0 Å². The van der Waals surface area contributed by atoms with E-state index in [0.717, 1.165) is 41.5 Å². The van der Waals surface area contributed by atoms with Crippen LogP contribution >= 0.6 is 11.8 Å². The van der Waals surface area contributed by atoms with Crippen LogP contribution in [-0.4, -0.2) is 48.7 Å². The lowest BCUT2D eigenvalue weighted by Gasteiger charge is -2.26. The zero-order chi connectivity index (χ0) is 16.6. The van der Waals surface area contributed by atoms with Crippen LogP contribution in [0.4, 0.5) is 4.79 Å². The largest absolute Gasteiger partial charge is 0.491 e. The number of hydrogen-bond donors (Lipinski definition) is 1. The number of nitrogens with one attached hydrogen (secondary N) is 1. The van der Waals surface area contributed by atoms with Crippen LogP contribution in [0.5, 0.6) is 5.75 Å². The molecule has 5 heteroatoms. The molecule has 2 amide bonds. The monoisotopic (exact) mass is 342 g/mol. The fraction of sp³-hybridized carbons (Fsp3) is 0.316. The van der Waals surface area contributed by atoms with Gasteiger partial charge in [-0.1, -0.05) is 48.5 Å². The number of urea groups is 1. The molecule has 0 radical (unpaired) electrons. The highest BCUT2D eigenvalue weighted by Gasteiger charge is 2.15. The topological polar surface area (TPSA) is 41.6 Å². The van der Waals surface area contributed by atoms with Gasteiger partial charge >= 0.3 is 6.03 Å². The Morgan fingerprint density at radius 2 is 1.75 bits per heavy atom. The summed E-state index contributed by atoms with van der Waals surface area (Å²) in [6.45, 7) is 2.62. The van der Waals surface area contributed by atoms with Gasteiger partial charge in [0.05, 0.1) is 6.54 Å². The van der Waals surface area contributed by atoms with E-state index in [4.69, 9.17) is 4.74 Å². The molecular formula is C19H22N2O2S. The molecule has 0 aromatic heterocycles. The van der Waals surface area contributed by atoms with E-state index in [2.05, 4.69) is 23.5 Å². The third-order valence-corrected chi connectivity index (χ3v) is 4.85. The molecule has 3 rings (SSSR count). The smallest absolute Gasteiger partial charge is 0.317 e. The van der Waals surface area contributed by atoms with E-state index in [0.29, 0.717) is 13.2 Å². The average molecular weight is 342 g/mol. The van der Waals surface area contributed by atoms with Gasteiger partial charge in [0, 0.05) is 30.2 Å². The molecule has 2 aromatic rings. The SMILES string of the molecule is O=C(NCCOc1ccccc1-c1ccccc1)N1CCSCC1. The second-order valence-electron chi connectivity index (χ2n) is 5.54. The van der Waals surface area contributed by atoms with Gasteiger partial charge < -0.3 is 15.0 Å². The van der Waals surface area contributed by atoms with E-state index in [1.807, 2.05) is 53.1 Å². The van der Waals surface area contributed by atoms with Crippen LogP contribution in [0.2, 0.25) is 0 Å². The maximum Gasteiger partial charge on any atom is 0.317 e. The minimum Gasteiger partial charge on any atom is -0.491 e. The van der Waals surface area contributed by atoms with Gasteiger partial charge in [-0.15, -0.1) is 0 Å². The van der Waals surface area contributed by atoms with E-state index in [1.165, 1.54) is 0 Å². The summed E-state index contributed by atoms with van der Waals surface area (Å²) in [5.41, 5.74) is 2.19. The average Bonchev–Trinajstić information content (AvgIpc) is 2.67. The number of para-hydroxylation sites is 1. The zero-order valence-corrected chi connectivity index (χ0v) is 14.4. The van der Waals surface area contributed by atoms with E-state index < -0.39 is 0 Å². The summed E-state index contributed by atoms with van der Waals surface area (Å²) in [4.78, 5) is 13.9. The Balaban J connectivity index is 1.51. The van der Waals surface area contributed by atoms with Gasteiger partial charge in [-0.05, 0) is 11.6 Å². The van der Waals surface area contributed by atoms with Crippen molar-refractivity contribution in [3.05, 3.63) is 54.6 Å². The Morgan fingerprint density at radius 1 is 1.04 bits per heavy atom. The van der Waals surface area contributed by atoms with E-state index in [9.17, 15) is 4.79 Å². The highest BCUT2D eigenvalue weighted by Crippen LogP contribution is 2.29. The molecule has 0 saturated carbocycles. The highest BCUT2D eigenvalue weighted by molar-refractivity contribution is 7.99. The van der Waals surface area contributed by atoms with Crippen LogP contribution in [-0.2, 0) is 0 Å². The number of amides is 2. The number of hydrogen-bond acceptors (Lipinski definition) is 3. The molecule has 0 bridgehead atoms. The van der Waals surface area contributed by atoms with Crippen molar-refractivity contribution in [1.82, 2.24) is 10.2 Å². The number of benzene rings is 2. The second-order valence-corrected chi connectivity index (χ2v) is 6.77. The standard InChI is InChI=1S/C19H22N2O2S/c22-19(21-11-14-24-15-12-21)20-10-13-23-18-9-5-4-8-17(18)16-6-2-1-3-7-16/h1-9H,10-15H2,(H,20,22). The molecule has 24 heavy (non-hydrogen) atoms. The van der Waals surface area contributed by atoms with Crippen molar-refractivity contribution in [3.8, 4) is 16.9 Å². The molecule has 1 saturated heterocycles. The third kappa shape index (κ3) is 4.45. The molecular weight excluding hydrogens is 320 g/mol. The maximum atomic E-state index is 12.0. The first-order valence-corrected chi connectivity index (χ1v) is 9.38. The summed E-state index contributed by atoms with van der Waals surface area (Å²) in [6.07, 6.45) is 0. The van der Waals surface area contributed by atoms with Crippen molar-refractivity contribution in [2.45, 2.75) is 0 Å². The van der Waals surface area contributed by atoms with Crippen LogP contribution < -0.4 is 10.1 Å². The molecule has 1 heterocycles. The normalized spacial score (nSPS) is 14.2. The number of ether oxygens (including phenoxy) is 1. The van der Waals surface area contributed by atoms with Crippen molar-refractivity contribution >= 4 is 17.8 Å². The van der Waals surface area contributed by atoms with Gasteiger partial charge in [-0.3, -0.25) is 0 Å². The Labute approximate surface area is 147 Å². The summed E-state index contributed by atoms with van der Waals surface area (Å²) >= 11 is 1.89. The first-order valence-electron chi connectivity index (χ1n) is 8.22. The molecule has 126 valence electrons. The molecule has 1 fully saturated rings. The maximum absolute atomic E-state index is 12.0. The number of rotatable bonds is 5. The van der Waals surface area contributed by atoms with Crippen LogP contribution in [0.3, 0.4) is 0 Å². The number of carbonyl (C=O) groups excluding carboxylic acids is 1. The van der Waals surface area contributed by atoms with Crippen LogP contribution in [0, 0.1) is 0 Å². The minimum absolute atomic E-state index is 0.00949. The third-order valence-electron chi connectivity index (χ3n) is 3.91. The first kappa shape index (κ1) is 16.7. The molecule has 2 aromatic carbocycles. The van der Waals surface area contributed by atoms with Crippen LogP contribution in [0.25, 0.3) is 11.1 Å². The van der Waals surface area contributed by atoms with Crippen molar-refractivity contribution in [2.24, 2.45) is 0 Å². The predicted molar refractivity (Wildman–Crippen MR) is 99.7 cm³/mol. The molecule has 1 N–H and O–H groups in total. The van der Waals surface area contributed by atoms with Crippen molar-refractivity contribution < 1.29 is 9.53 Å². The summed E-state index contributed by atoms with van der Waals surface area (Å²) in [5.74, 6) is 2.88. The second kappa shape index (κ2) is 8.64. The Bertz CT molecular complexity index is 657. The highest BCUT2D eigenvalue weighted by atomic mass is 32.2. The van der Waals surface area contributed by atoms with E-state index in [-0.39, 0.29) is 6.03 Å². The Kier molecular flexibility index (Phi) is 6.01. The number of thioether (sulfide) groups is 1. The number of nitrogens with zero attached hydrogens (tertiary/aromatic N) is 1. The minimum atomic E-state index is 0.00949. The molecule has 0 atom stereocenters. The van der Waals surface area contributed by atoms with Gasteiger partial charge in [-0.25, -0.2) is 4.79 Å². The summed E-state index contributed by atoms with van der Waals surface area (Å²) < 4.78 is 5.89. The molecule has 4 nitrogen and oxygen atoms in total. The van der Waals surface area contributed by atoms with Crippen molar-refractivity contribution in [1.29, 1.82) is 0 Å². The molecule has 1 aliphatic rings. The lowest BCUT2D eigenvalue weighted by Crippen LogP contribution is -2.45. The van der Waals surface area contributed by atoms with Crippen LogP contribution in [0.15, 0.2) is 54.6 Å². The molecule has 1 aliphatic heterocycles. The van der Waals surface area contributed by atoms with Crippen molar-refractivity contribution in [3.63, 3.8) is 0 Å². The van der Waals surface area contributed by atoms with Gasteiger partial charge in [0.25, 0.3) is 0 Å². The molecule has 0 spiro atoms. The Morgan fingerprint density at radius 3 is 2.54 bits per heavy atom. The molecule has 0 aliphatic carbocycles. The summed E-state index contributed by atoms with van der Waals surface area (Å²) in [5, 5.41) is 2.93. The van der Waals surface area contributed by atoms with Crippen molar-refractivity contribution in [2.75, 3.05) is 37.7 Å². The molecule has 0 unspecified atom stereocenters. The quantitative estimate of drug-likeness (QED) is 0.846. The zero-order valence-electron chi connectivity index (χ0n) is 13.6. The Hall–Kier alpha value is -2.14. The lowest BCUT2D eigenvalue weighted by atomic mass is 10.1. The van der Waals surface area contributed by atoms with Gasteiger partial charge in [0.15, 0.2) is 0 Å². The number of carbonyl (C=O) groups is 1. The van der Waals surface area contributed by atoms with Gasteiger partial charge in [-0.2, -0.15) is 11.8 Å². The lowest BCUT2D eigenvalue weighted by molar-refractivity contribution is 0.200. The van der Waals surface area contributed by atoms with Gasteiger partial charge in [0.1, 0.15) is 12.4 Å². The fourth-order valence-electron chi connectivity index (χ4n) is 2.65. The summed E-state index contributed by atoms with van der Waals surface area (Å²) in [7, 11) is 0. The van der Waals surface area contributed by atoms with E-state index >= 15 is 0 Å². The van der Waals surface area contributed by atoms with E-state index in [1.54, 1.807) is 0 Å². The predicted octanol–water partition coefficient (Wildman–Crippen LogP) is 3.49. The first-order chi connectivity index (χ1) is 11.8.